The van der Waals surface area contributed by atoms with Crippen molar-refractivity contribution in [3.63, 3.8) is 0 Å². The average Bonchev–Trinajstić information content (AvgIpc) is 2.43. The van der Waals surface area contributed by atoms with Crippen molar-refractivity contribution in [3.8, 4) is 0 Å². The molecule has 0 spiro atoms. The van der Waals surface area contributed by atoms with Crippen LogP contribution in [0.15, 0.2) is 36.5 Å². The molecular formula is C19H40. The first-order valence-corrected chi connectivity index (χ1v) is 7.99. The topological polar surface area (TPSA) is 0 Å². The molecule has 0 bridgehead atoms. The maximum Gasteiger partial charge on any atom is -0.0317 e. The van der Waals surface area contributed by atoms with Crippen molar-refractivity contribution in [1.82, 2.24) is 0 Å². The monoisotopic (exact) mass is 268 g/mol. The van der Waals surface area contributed by atoms with Crippen LogP contribution in [0.1, 0.15) is 81.6 Å². The average molecular weight is 269 g/mol. The maximum atomic E-state index is 3.87. The predicted octanol–water partition coefficient (Wildman–Crippen LogP) is 7.58. The van der Waals surface area contributed by atoms with Gasteiger partial charge in [0.15, 0.2) is 0 Å². The zero-order chi connectivity index (χ0) is 16.3. The molecule has 0 aliphatic heterocycles. The van der Waals surface area contributed by atoms with E-state index in [0.717, 1.165) is 17.9 Å². The van der Waals surface area contributed by atoms with E-state index in [1.54, 1.807) is 0 Å². The first-order valence-electron chi connectivity index (χ1n) is 7.99. The Morgan fingerprint density at radius 2 is 1.42 bits per heavy atom. The second kappa shape index (κ2) is 25.9. The van der Waals surface area contributed by atoms with Gasteiger partial charge in [0, 0.05) is 0 Å². The van der Waals surface area contributed by atoms with Gasteiger partial charge in [0.25, 0.3) is 0 Å². The number of allylic oxidation sites excluding steroid dienone is 4. The lowest BCUT2D eigenvalue weighted by Crippen LogP contribution is -1.92. The molecule has 0 heterocycles. The van der Waals surface area contributed by atoms with Gasteiger partial charge in [0.1, 0.15) is 0 Å². The van der Waals surface area contributed by atoms with Crippen molar-refractivity contribution in [2.24, 2.45) is 5.92 Å². The predicted molar refractivity (Wildman–Crippen MR) is 95.8 cm³/mol. The summed E-state index contributed by atoms with van der Waals surface area (Å²) in [6.07, 6.45) is 7.73. The lowest BCUT2D eigenvalue weighted by molar-refractivity contribution is 0.539. The van der Waals surface area contributed by atoms with E-state index in [9.17, 15) is 0 Å². The fourth-order valence-corrected chi connectivity index (χ4v) is 1.37. The van der Waals surface area contributed by atoms with Crippen LogP contribution in [0.4, 0.5) is 0 Å². The van der Waals surface area contributed by atoms with Gasteiger partial charge in [-0.15, -0.1) is 6.58 Å². The molecule has 1 unspecified atom stereocenters. The van der Waals surface area contributed by atoms with E-state index in [2.05, 4.69) is 33.1 Å². The van der Waals surface area contributed by atoms with Gasteiger partial charge in [-0.1, -0.05) is 78.3 Å². The highest BCUT2D eigenvalue weighted by molar-refractivity contribution is 5.16. The molecule has 0 aliphatic carbocycles. The Hall–Kier alpha value is -0.780. The first kappa shape index (κ1) is 26.7. The fraction of sp³-hybridized carbons (Fsp3) is 0.684. The van der Waals surface area contributed by atoms with Crippen molar-refractivity contribution < 1.29 is 0 Å². The highest BCUT2D eigenvalue weighted by Gasteiger charge is 1.99. The number of hydrogen-bond donors (Lipinski definition) is 0. The molecule has 0 aromatic heterocycles. The molecule has 0 aliphatic rings. The van der Waals surface area contributed by atoms with Crippen LogP contribution in [0.25, 0.3) is 0 Å². The maximum absolute atomic E-state index is 3.87. The Morgan fingerprint density at radius 1 is 1.00 bits per heavy atom. The van der Waals surface area contributed by atoms with Crippen LogP contribution < -0.4 is 0 Å². The Bertz CT molecular complexity index is 196. The van der Waals surface area contributed by atoms with Crippen molar-refractivity contribution in [1.29, 1.82) is 0 Å². The Kier molecular flexibility index (Phi) is 36.5. The smallest absolute Gasteiger partial charge is 0.0317 e. The third-order valence-electron chi connectivity index (χ3n) is 2.09. The summed E-state index contributed by atoms with van der Waals surface area (Å²) in [5.74, 6) is 0.756. The molecule has 1 atom stereocenters. The molecule has 0 rings (SSSR count). The van der Waals surface area contributed by atoms with Crippen LogP contribution in [0.2, 0.25) is 0 Å². The molecule has 116 valence electrons. The highest BCUT2D eigenvalue weighted by atomic mass is 14.0. The molecule has 0 amide bonds. The number of rotatable bonds is 6. The zero-order valence-electron chi connectivity index (χ0n) is 15.3. The molecule has 0 radical (unpaired) electrons. The van der Waals surface area contributed by atoms with Crippen molar-refractivity contribution in [3.05, 3.63) is 36.5 Å². The summed E-state index contributed by atoms with van der Waals surface area (Å²) in [5, 5.41) is 0. The van der Waals surface area contributed by atoms with E-state index in [4.69, 9.17) is 0 Å². The summed E-state index contributed by atoms with van der Waals surface area (Å²) in [5.41, 5.74) is 2.58. The van der Waals surface area contributed by atoms with E-state index in [0.29, 0.717) is 0 Å². The van der Waals surface area contributed by atoms with Crippen LogP contribution in [0.3, 0.4) is 0 Å². The summed E-state index contributed by atoms with van der Waals surface area (Å²) in [4.78, 5) is 0. The standard InChI is InChI=1S/C13H22.3C2H6/c1-6-7-12(4)8-9-13(5)10-11(2)3;3*1-2/h6,10,12H,1-2,7-9H2,3-5H3;3*1-2H3/b13-10-;;;. The summed E-state index contributed by atoms with van der Waals surface area (Å²) in [7, 11) is 0. The van der Waals surface area contributed by atoms with E-state index in [1.807, 2.05) is 54.5 Å². The largest absolute Gasteiger partial charge is 0.103 e. The van der Waals surface area contributed by atoms with Gasteiger partial charge in [0.05, 0.1) is 0 Å². The third kappa shape index (κ3) is 31.7. The van der Waals surface area contributed by atoms with Gasteiger partial charge in [-0.2, -0.15) is 0 Å². The third-order valence-corrected chi connectivity index (χ3v) is 2.09. The SMILES string of the molecule is C=CCC(C)CC/C(C)=C\C(=C)C.CC.CC.CC. The quantitative estimate of drug-likeness (QED) is 0.344. The molecule has 19 heavy (non-hydrogen) atoms. The van der Waals surface area contributed by atoms with Gasteiger partial charge in [-0.25, -0.2) is 0 Å². The molecule has 0 heteroatoms. The highest BCUT2D eigenvalue weighted by Crippen LogP contribution is 2.15. The van der Waals surface area contributed by atoms with Crippen molar-refractivity contribution >= 4 is 0 Å². The minimum Gasteiger partial charge on any atom is -0.103 e. The molecule has 0 saturated carbocycles. The minimum atomic E-state index is 0.756. The van der Waals surface area contributed by atoms with Crippen LogP contribution in [-0.2, 0) is 0 Å². The molecule has 0 fully saturated rings. The van der Waals surface area contributed by atoms with Crippen LogP contribution in [0.5, 0.6) is 0 Å². The van der Waals surface area contributed by atoms with E-state index >= 15 is 0 Å². The van der Waals surface area contributed by atoms with Crippen molar-refractivity contribution in [2.45, 2.75) is 81.6 Å². The molecular weight excluding hydrogens is 228 g/mol. The molecule has 0 N–H and O–H groups in total. The van der Waals surface area contributed by atoms with Gasteiger partial charge in [-0.05, 0) is 39.0 Å². The second-order valence-corrected chi connectivity index (χ2v) is 4.01. The summed E-state index contributed by atoms with van der Waals surface area (Å²) >= 11 is 0. The molecule has 0 nitrogen and oxygen atoms in total. The Labute approximate surface area is 124 Å². The summed E-state index contributed by atoms with van der Waals surface area (Å²) < 4.78 is 0. The Balaban J connectivity index is -0.000000163. The zero-order valence-corrected chi connectivity index (χ0v) is 15.3. The lowest BCUT2D eigenvalue weighted by atomic mass is 9.98. The van der Waals surface area contributed by atoms with Crippen LogP contribution >= 0.6 is 0 Å². The van der Waals surface area contributed by atoms with E-state index in [1.165, 1.54) is 18.4 Å². The lowest BCUT2D eigenvalue weighted by Gasteiger charge is -2.08. The van der Waals surface area contributed by atoms with E-state index < -0.39 is 0 Å². The van der Waals surface area contributed by atoms with Crippen molar-refractivity contribution in [2.75, 3.05) is 0 Å². The van der Waals surface area contributed by atoms with Gasteiger partial charge >= 0.3 is 0 Å². The number of hydrogen-bond acceptors (Lipinski definition) is 0. The van der Waals surface area contributed by atoms with Crippen LogP contribution in [0, 0.1) is 5.92 Å². The molecule has 0 aromatic rings. The van der Waals surface area contributed by atoms with Gasteiger partial charge < -0.3 is 0 Å². The second-order valence-electron chi connectivity index (χ2n) is 4.01. The summed E-state index contributed by atoms with van der Waals surface area (Å²) in [6.45, 7) is 26.1. The minimum absolute atomic E-state index is 0.756. The normalized spacial score (nSPS) is 10.5. The first-order chi connectivity index (χ1) is 9.06. The van der Waals surface area contributed by atoms with Crippen LogP contribution in [-0.4, -0.2) is 0 Å². The Morgan fingerprint density at radius 3 is 1.74 bits per heavy atom. The fourth-order valence-electron chi connectivity index (χ4n) is 1.37. The molecule has 0 aromatic carbocycles. The molecule has 0 saturated heterocycles. The van der Waals surface area contributed by atoms with Gasteiger partial charge in [0.2, 0.25) is 0 Å². The summed E-state index contributed by atoms with van der Waals surface area (Å²) in [6, 6.07) is 0. The van der Waals surface area contributed by atoms with E-state index in [-0.39, 0.29) is 0 Å². The van der Waals surface area contributed by atoms with Gasteiger partial charge in [-0.3, -0.25) is 0 Å².